The zero-order chi connectivity index (χ0) is 10.7. The molecule has 1 fully saturated rings. The molecule has 2 nitrogen and oxygen atoms in total. The molecule has 1 aliphatic rings. The molecule has 1 atom stereocenters. The summed E-state index contributed by atoms with van der Waals surface area (Å²) >= 11 is 0. The number of hydrogen-bond donors (Lipinski definition) is 1. The first-order chi connectivity index (χ1) is 7.18. The van der Waals surface area contributed by atoms with Crippen molar-refractivity contribution in [2.24, 2.45) is 0 Å². The zero-order valence-corrected chi connectivity index (χ0v) is 9.47. The number of hydrogen-bond acceptors (Lipinski definition) is 2. The second-order valence-electron chi connectivity index (χ2n) is 3.68. The van der Waals surface area contributed by atoms with E-state index in [1.54, 1.807) is 0 Å². The van der Waals surface area contributed by atoms with Crippen molar-refractivity contribution >= 4 is 12.4 Å². The molecule has 1 saturated heterocycles. The Morgan fingerprint density at radius 1 is 1.31 bits per heavy atom. The molecule has 0 amide bonds. The van der Waals surface area contributed by atoms with Crippen LogP contribution >= 0.6 is 12.4 Å². The SMILES string of the molecule is Cl.FC1(F)CNCC1OCc1ccccc1. The van der Waals surface area contributed by atoms with Crippen LogP contribution in [0, 0.1) is 0 Å². The fourth-order valence-electron chi connectivity index (χ4n) is 1.58. The van der Waals surface area contributed by atoms with Crippen molar-refractivity contribution in [3.05, 3.63) is 35.9 Å². The maximum atomic E-state index is 13.1. The molecule has 0 radical (unpaired) electrons. The third-order valence-corrected chi connectivity index (χ3v) is 2.46. The maximum absolute atomic E-state index is 13.1. The van der Waals surface area contributed by atoms with Crippen molar-refractivity contribution < 1.29 is 13.5 Å². The second kappa shape index (κ2) is 5.57. The molecule has 2 rings (SSSR count). The van der Waals surface area contributed by atoms with Gasteiger partial charge in [0.15, 0.2) is 0 Å². The molecule has 1 N–H and O–H groups in total. The number of nitrogens with one attached hydrogen (secondary N) is 1. The Balaban J connectivity index is 0.00000128. The zero-order valence-electron chi connectivity index (χ0n) is 8.66. The van der Waals surface area contributed by atoms with Crippen molar-refractivity contribution in [2.45, 2.75) is 18.6 Å². The van der Waals surface area contributed by atoms with E-state index in [0.29, 0.717) is 0 Å². The molecular formula is C11H14ClF2NO. The highest BCUT2D eigenvalue weighted by molar-refractivity contribution is 5.85. The third kappa shape index (κ3) is 3.14. The van der Waals surface area contributed by atoms with Gasteiger partial charge in [-0.2, -0.15) is 0 Å². The van der Waals surface area contributed by atoms with Crippen LogP contribution in [0.15, 0.2) is 30.3 Å². The smallest absolute Gasteiger partial charge is 0.287 e. The number of alkyl halides is 2. The summed E-state index contributed by atoms with van der Waals surface area (Å²) in [5, 5.41) is 2.62. The minimum absolute atomic E-state index is 0. The Morgan fingerprint density at radius 2 is 2.00 bits per heavy atom. The standard InChI is InChI=1S/C11H13F2NO.ClH/c12-11(13)8-14-6-10(11)15-7-9-4-2-1-3-5-9;/h1-5,10,14H,6-8H2;1H. The molecule has 90 valence electrons. The van der Waals surface area contributed by atoms with Crippen LogP contribution in [0.2, 0.25) is 0 Å². The molecule has 0 spiro atoms. The van der Waals surface area contributed by atoms with Crippen molar-refractivity contribution in [1.29, 1.82) is 0 Å². The average molecular weight is 250 g/mol. The van der Waals surface area contributed by atoms with Gasteiger partial charge in [-0.15, -0.1) is 12.4 Å². The molecule has 1 aromatic carbocycles. The van der Waals surface area contributed by atoms with Gasteiger partial charge in [0.05, 0.1) is 13.2 Å². The number of benzene rings is 1. The van der Waals surface area contributed by atoms with Gasteiger partial charge >= 0.3 is 0 Å². The van der Waals surface area contributed by atoms with Crippen LogP contribution in [-0.2, 0) is 11.3 Å². The van der Waals surface area contributed by atoms with E-state index in [9.17, 15) is 8.78 Å². The maximum Gasteiger partial charge on any atom is 0.287 e. The van der Waals surface area contributed by atoms with E-state index in [2.05, 4.69) is 5.32 Å². The number of rotatable bonds is 3. The van der Waals surface area contributed by atoms with Gasteiger partial charge < -0.3 is 10.1 Å². The normalized spacial score (nSPS) is 22.8. The lowest BCUT2D eigenvalue weighted by Gasteiger charge is -2.18. The third-order valence-electron chi connectivity index (χ3n) is 2.46. The molecule has 5 heteroatoms. The predicted molar refractivity (Wildman–Crippen MR) is 60.1 cm³/mol. The van der Waals surface area contributed by atoms with E-state index in [4.69, 9.17) is 4.74 Å². The fourth-order valence-corrected chi connectivity index (χ4v) is 1.58. The minimum atomic E-state index is -2.74. The summed E-state index contributed by atoms with van der Waals surface area (Å²) in [6.07, 6.45) is -1.00. The van der Waals surface area contributed by atoms with Crippen molar-refractivity contribution in [1.82, 2.24) is 5.32 Å². The van der Waals surface area contributed by atoms with Gasteiger partial charge in [0.2, 0.25) is 0 Å². The molecule has 0 aromatic heterocycles. The lowest BCUT2D eigenvalue weighted by molar-refractivity contribution is -0.110. The van der Waals surface area contributed by atoms with Crippen LogP contribution in [0.25, 0.3) is 0 Å². The van der Waals surface area contributed by atoms with E-state index in [0.717, 1.165) is 5.56 Å². The first-order valence-corrected chi connectivity index (χ1v) is 4.92. The Kier molecular flexibility index (Phi) is 4.65. The summed E-state index contributed by atoms with van der Waals surface area (Å²) in [5.41, 5.74) is 0.917. The lowest BCUT2D eigenvalue weighted by Crippen LogP contribution is -2.33. The van der Waals surface area contributed by atoms with Crippen LogP contribution in [-0.4, -0.2) is 25.1 Å². The van der Waals surface area contributed by atoms with Crippen LogP contribution in [0.4, 0.5) is 8.78 Å². The summed E-state index contributed by atoms with van der Waals surface area (Å²) in [4.78, 5) is 0. The number of halogens is 3. The highest BCUT2D eigenvalue weighted by Gasteiger charge is 2.44. The Morgan fingerprint density at radius 3 is 2.56 bits per heavy atom. The molecule has 1 aliphatic heterocycles. The average Bonchev–Trinajstić information content (AvgIpc) is 2.56. The largest absolute Gasteiger partial charge is 0.366 e. The summed E-state index contributed by atoms with van der Waals surface area (Å²) in [5.74, 6) is -2.74. The predicted octanol–water partition coefficient (Wildman–Crippen LogP) is 2.23. The van der Waals surface area contributed by atoms with Crippen LogP contribution < -0.4 is 5.32 Å². The highest BCUT2D eigenvalue weighted by Crippen LogP contribution is 2.25. The quantitative estimate of drug-likeness (QED) is 0.887. The van der Waals surface area contributed by atoms with Gasteiger partial charge in [-0.25, -0.2) is 8.78 Å². The minimum Gasteiger partial charge on any atom is -0.366 e. The Labute approximate surface area is 99.4 Å². The topological polar surface area (TPSA) is 21.3 Å². The van der Waals surface area contributed by atoms with Gasteiger partial charge in [0, 0.05) is 6.54 Å². The molecular weight excluding hydrogens is 236 g/mol. The molecule has 0 bridgehead atoms. The molecule has 1 heterocycles. The number of ether oxygens (including phenoxy) is 1. The van der Waals surface area contributed by atoms with Gasteiger partial charge in [-0.1, -0.05) is 30.3 Å². The van der Waals surface area contributed by atoms with E-state index in [1.807, 2.05) is 30.3 Å². The van der Waals surface area contributed by atoms with Crippen LogP contribution in [0.3, 0.4) is 0 Å². The van der Waals surface area contributed by atoms with E-state index >= 15 is 0 Å². The van der Waals surface area contributed by atoms with E-state index in [-0.39, 0.29) is 32.1 Å². The summed E-state index contributed by atoms with van der Waals surface area (Å²) < 4.78 is 31.4. The van der Waals surface area contributed by atoms with E-state index < -0.39 is 12.0 Å². The van der Waals surface area contributed by atoms with Crippen LogP contribution in [0.1, 0.15) is 5.56 Å². The first kappa shape index (κ1) is 13.4. The summed E-state index contributed by atoms with van der Waals surface area (Å²) in [6.45, 7) is 0.176. The van der Waals surface area contributed by atoms with Gasteiger partial charge in [0.1, 0.15) is 6.10 Å². The van der Waals surface area contributed by atoms with Crippen molar-refractivity contribution in [3.8, 4) is 0 Å². The Hall–Kier alpha value is -0.710. The Bertz CT molecular complexity index is 321. The molecule has 0 saturated carbocycles. The molecule has 1 aromatic rings. The summed E-state index contributed by atoms with van der Waals surface area (Å²) in [6, 6.07) is 9.34. The van der Waals surface area contributed by atoms with Gasteiger partial charge in [0.25, 0.3) is 5.92 Å². The van der Waals surface area contributed by atoms with Gasteiger partial charge in [-0.3, -0.25) is 0 Å². The van der Waals surface area contributed by atoms with Gasteiger partial charge in [-0.05, 0) is 5.56 Å². The second-order valence-corrected chi connectivity index (χ2v) is 3.68. The first-order valence-electron chi connectivity index (χ1n) is 4.92. The van der Waals surface area contributed by atoms with E-state index in [1.165, 1.54) is 0 Å². The molecule has 0 aliphatic carbocycles. The van der Waals surface area contributed by atoms with Crippen molar-refractivity contribution in [3.63, 3.8) is 0 Å². The lowest BCUT2D eigenvalue weighted by atomic mass is 10.2. The van der Waals surface area contributed by atoms with Crippen molar-refractivity contribution in [2.75, 3.05) is 13.1 Å². The molecule has 1 unspecified atom stereocenters. The molecule has 16 heavy (non-hydrogen) atoms. The fraction of sp³-hybridized carbons (Fsp3) is 0.455. The summed E-state index contributed by atoms with van der Waals surface area (Å²) in [7, 11) is 0. The monoisotopic (exact) mass is 249 g/mol. The van der Waals surface area contributed by atoms with Crippen LogP contribution in [0.5, 0.6) is 0 Å². The highest BCUT2D eigenvalue weighted by atomic mass is 35.5.